The summed E-state index contributed by atoms with van der Waals surface area (Å²) >= 11 is 0. The molecule has 2 heterocycles. The number of ketones is 1. The van der Waals surface area contributed by atoms with Crippen molar-refractivity contribution >= 4 is 5.78 Å². The fraction of sp³-hybridized carbons (Fsp3) is 0.875. The molecule has 2 aliphatic rings. The van der Waals surface area contributed by atoms with Gasteiger partial charge in [-0.15, -0.1) is 0 Å². The van der Waals surface area contributed by atoms with E-state index in [1.807, 2.05) is 0 Å². The Morgan fingerprint density at radius 2 is 2.55 bits per heavy atom. The molecule has 0 aromatic heterocycles. The van der Waals surface area contributed by atoms with Gasteiger partial charge in [0.1, 0.15) is 5.78 Å². The Hall–Kier alpha value is -0.410. The monoisotopic (exact) mass is 156 g/mol. The molecule has 11 heavy (non-hydrogen) atoms. The molecule has 0 spiro atoms. The van der Waals surface area contributed by atoms with Crippen LogP contribution in [0, 0.1) is 0 Å². The molecule has 2 atom stereocenters. The van der Waals surface area contributed by atoms with Crippen molar-refractivity contribution < 1.29 is 14.3 Å². The van der Waals surface area contributed by atoms with Gasteiger partial charge in [0.05, 0.1) is 12.5 Å². The van der Waals surface area contributed by atoms with Crippen molar-refractivity contribution in [2.24, 2.45) is 0 Å². The summed E-state index contributed by atoms with van der Waals surface area (Å²) in [5.41, 5.74) is 0. The van der Waals surface area contributed by atoms with Crippen LogP contribution in [0.4, 0.5) is 0 Å². The number of carbonyl (C=O) groups excluding carboxylic acids is 1. The summed E-state index contributed by atoms with van der Waals surface area (Å²) < 4.78 is 10.8. The van der Waals surface area contributed by atoms with Crippen molar-refractivity contribution in [3.05, 3.63) is 0 Å². The number of Topliss-reactive ketones (excluding diaryl/α,β-unsaturated/α-hetero) is 1. The van der Waals surface area contributed by atoms with Crippen LogP contribution in [-0.2, 0) is 14.3 Å². The highest BCUT2D eigenvalue weighted by atomic mass is 16.7. The van der Waals surface area contributed by atoms with Crippen LogP contribution in [0.1, 0.15) is 25.7 Å². The molecule has 0 radical (unpaired) electrons. The van der Waals surface area contributed by atoms with Gasteiger partial charge in [-0.2, -0.15) is 0 Å². The van der Waals surface area contributed by atoms with Crippen molar-refractivity contribution in [1.82, 2.24) is 0 Å². The predicted octanol–water partition coefficient (Wildman–Crippen LogP) is 0.871. The highest BCUT2D eigenvalue weighted by Crippen LogP contribution is 2.39. The largest absolute Gasteiger partial charge is 0.353 e. The molecule has 3 nitrogen and oxygen atoms in total. The summed E-state index contributed by atoms with van der Waals surface area (Å²) in [5.74, 6) is -0.263. The standard InChI is InChI=1S/C8H12O3/c1-10-8-3-2-7(11-8)4-6(9)5-8/h7H,2-5H2,1H3. The Balaban J connectivity index is 2.18. The van der Waals surface area contributed by atoms with Gasteiger partial charge in [-0.3, -0.25) is 4.79 Å². The Morgan fingerprint density at radius 3 is 3.27 bits per heavy atom. The first-order valence-electron chi connectivity index (χ1n) is 3.99. The zero-order valence-electron chi connectivity index (χ0n) is 6.63. The molecule has 2 unspecified atom stereocenters. The van der Waals surface area contributed by atoms with E-state index in [1.54, 1.807) is 7.11 Å². The fourth-order valence-electron chi connectivity index (χ4n) is 1.93. The van der Waals surface area contributed by atoms with Crippen molar-refractivity contribution in [1.29, 1.82) is 0 Å². The van der Waals surface area contributed by atoms with E-state index in [1.165, 1.54) is 0 Å². The average molecular weight is 156 g/mol. The predicted molar refractivity (Wildman–Crippen MR) is 38.1 cm³/mol. The van der Waals surface area contributed by atoms with E-state index in [-0.39, 0.29) is 11.9 Å². The van der Waals surface area contributed by atoms with Gasteiger partial charge in [-0.1, -0.05) is 0 Å². The lowest BCUT2D eigenvalue weighted by Gasteiger charge is -2.30. The van der Waals surface area contributed by atoms with E-state index in [9.17, 15) is 4.79 Å². The number of methoxy groups -OCH3 is 1. The van der Waals surface area contributed by atoms with Crippen molar-refractivity contribution in [2.45, 2.75) is 37.6 Å². The van der Waals surface area contributed by atoms with Crippen LogP contribution < -0.4 is 0 Å². The number of hydrogen-bond donors (Lipinski definition) is 0. The SMILES string of the molecule is COC12CCC(CC(=O)C1)O2. The number of carbonyl (C=O) groups is 1. The minimum atomic E-state index is -0.542. The molecule has 3 heteroatoms. The summed E-state index contributed by atoms with van der Waals surface area (Å²) in [6, 6.07) is 0. The Morgan fingerprint density at radius 1 is 1.73 bits per heavy atom. The molecule has 2 bridgehead atoms. The number of ether oxygens (including phenoxy) is 2. The van der Waals surface area contributed by atoms with Crippen molar-refractivity contribution in [2.75, 3.05) is 7.11 Å². The van der Waals surface area contributed by atoms with Crippen LogP contribution >= 0.6 is 0 Å². The molecular formula is C8H12O3. The second-order valence-electron chi connectivity index (χ2n) is 3.31. The molecule has 0 N–H and O–H groups in total. The van der Waals surface area contributed by atoms with Crippen LogP contribution in [0.15, 0.2) is 0 Å². The van der Waals surface area contributed by atoms with E-state index in [0.717, 1.165) is 12.8 Å². The third-order valence-electron chi connectivity index (χ3n) is 2.52. The summed E-state index contributed by atoms with van der Waals surface area (Å²) in [4.78, 5) is 11.1. The van der Waals surface area contributed by atoms with Crippen molar-refractivity contribution in [3.8, 4) is 0 Å². The second kappa shape index (κ2) is 2.29. The molecule has 2 aliphatic heterocycles. The minimum Gasteiger partial charge on any atom is -0.353 e. The summed E-state index contributed by atoms with van der Waals surface area (Å²) in [5, 5.41) is 0. The van der Waals surface area contributed by atoms with Gasteiger partial charge in [0, 0.05) is 20.0 Å². The molecule has 0 aromatic rings. The van der Waals surface area contributed by atoms with E-state index < -0.39 is 5.79 Å². The summed E-state index contributed by atoms with van der Waals surface area (Å²) in [7, 11) is 1.61. The smallest absolute Gasteiger partial charge is 0.175 e. The van der Waals surface area contributed by atoms with Gasteiger partial charge in [-0.05, 0) is 6.42 Å². The van der Waals surface area contributed by atoms with Gasteiger partial charge in [0.15, 0.2) is 5.79 Å². The molecule has 62 valence electrons. The number of fused-ring (bicyclic) bond motifs is 2. The highest BCUT2D eigenvalue weighted by molar-refractivity contribution is 5.80. The molecule has 0 saturated carbocycles. The lowest BCUT2D eigenvalue weighted by molar-refractivity contribution is -0.226. The second-order valence-corrected chi connectivity index (χ2v) is 3.31. The third-order valence-corrected chi connectivity index (χ3v) is 2.52. The van der Waals surface area contributed by atoms with Gasteiger partial charge in [0.2, 0.25) is 0 Å². The lowest BCUT2D eigenvalue weighted by atomic mass is 10.1. The average Bonchev–Trinajstić information content (AvgIpc) is 2.28. The van der Waals surface area contributed by atoms with E-state index in [2.05, 4.69) is 0 Å². The van der Waals surface area contributed by atoms with Crippen molar-refractivity contribution in [3.63, 3.8) is 0 Å². The van der Waals surface area contributed by atoms with Crippen LogP contribution in [0.3, 0.4) is 0 Å². The van der Waals surface area contributed by atoms with E-state index in [0.29, 0.717) is 12.8 Å². The normalized spacial score (nSPS) is 43.0. The van der Waals surface area contributed by atoms with Crippen LogP contribution in [-0.4, -0.2) is 24.8 Å². The molecule has 2 fully saturated rings. The first kappa shape index (κ1) is 7.25. The molecule has 2 rings (SSSR count). The molecule has 2 saturated heterocycles. The summed E-state index contributed by atoms with van der Waals surface area (Å²) in [6.45, 7) is 0. The molecule has 0 aromatic carbocycles. The highest BCUT2D eigenvalue weighted by Gasteiger charge is 2.46. The van der Waals surface area contributed by atoms with Gasteiger partial charge >= 0.3 is 0 Å². The van der Waals surface area contributed by atoms with Crippen LogP contribution in [0.5, 0.6) is 0 Å². The first-order chi connectivity index (χ1) is 5.24. The quantitative estimate of drug-likeness (QED) is 0.565. The Kier molecular flexibility index (Phi) is 1.51. The Bertz CT molecular complexity index is 190. The number of rotatable bonds is 1. The van der Waals surface area contributed by atoms with E-state index in [4.69, 9.17) is 9.47 Å². The zero-order chi connectivity index (χ0) is 7.90. The van der Waals surface area contributed by atoms with E-state index >= 15 is 0 Å². The minimum absolute atomic E-state index is 0.135. The first-order valence-corrected chi connectivity index (χ1v) is 3.99. The van der Waals surface area contributed by atoms with Gasteiger partial charge in [-0.25, -0.2) is 0 Å². The topological polar surface area (TPSA) is 35.5 Å². The molecular weight excluding hydrogens is 144 g/mol. The third kappa shape index (κ3) is 1.08. The maximum Gasteiger partial charge on any atom is 0.175 e. The zero-order valence-corrected chi connectivity index (χ0v) is 6.63. The van der Waals surface area contributed by atoms with Crippen LogP contribution in [0.2, 0.25) is 0 Å². The lowest BCUT2D eigenvalue weighted by Crippen LogP contribution is -2.38. The van der Waals surface area contributed by atoms with Crippen LogP contribution in [0.25, 0.3) is 0 Å². The summed E-state index contributed by atoms with van der Waals surface area (Å²) in [6.07, 6.45) is 3.01. The van der Waals surface area contributed by atoms with Gasteiger partial charge in [0.25, 0.3) is 0 Å². The molecule has 0 aliphatic carbocycles. The maximum absolute atomic E-state index is 11.1. The maximum atomic E-state index is 11.1. The number of hydrogen-bond acceptors (Lipinski definition) is 3. The van der Waals surface area contributed by atoms with Gasteiger partial charge < -0.3 is 9.47 Å². The Labute approximate surface area is 65.7 Å². The molecule has 0 amide bonds. The fourth-order valence-corrected chi connectivity index (χ4v) is 1.93.